The summed E-state index contributed by atoms with van der Waals surface area (Å²) in [4.78, 5) is 14.3. The molecule has 3 nitrogen and oxygen atoms in total. The van der Waals surface area contributed by atoms with E-state index >= 15 is 0 Å². The van der Waals surface area contributed by atoms with Crippen molar-refractivity contribution in [2.24, 2.45) is 0 Å². The van der Waals surface area contributed by atoms with Crippen LogP contribution in [-0.4, -0.2) is 15.0 Å². The maximum Gasteiger partial charge on any atom is 0.164 e. The first-order valence-corrected chi connectivity index (χ1v) is 11.3. The third-order valence-electron chi connectivity index (χ3n) is 4.98. The van der Waals surface area contributed by atoms with E-state index < -0.39 is 0 Å². The van der Waals surface area contributed by atoms with Crippen LogP contribution in [0.2, 0.25) is 5.02 Å². The second kappa shape index (κ2) is 11.4. The Morgan fingerprint density at radius 1 is 0.906 bits per heavy atom. The van der Waals surface area contributed by atoms with Crippen molar-refractivity contribution in [1.82, 2.24) is 15.0 Å². The second-order valence-corrected chi connectivity index (χ2v) is 7.42. The number of hydrogen-bond donors (Lipinski definition) is 0. The summed E-state index contributed by atoms with van der Waals surface area (Å²) >= 11 is 6.21. The average Bonchev–Trinajstić information content (AvgIpc) is 2.87. The summed E-state index contributed by atoms with van der Waals surface area (Å²) in [5.41, 5.74) is 5.03. The van der Waals surface area contributed by atoms with Crippen LogP contribution in [0.15, 0.2) is 85.5 Å². The first kappa shape index (κ1) is 23.4. The van der Waals surface area contributed by atoms with Crippen LogP contribution in [0.5, 0.6) is 0 Å². The molecule has 1 aromatic heterocycles. The predicted molar refractivity (Wildman–Crippen MR) is 137 cm³/mol. The van der Waals surface area contributed by atoms with Crippen LogP contribution >= 0.6 is 11.6 Å². The minimum atomic E-state index is 0.613. The van der Waals surface area contributed by atoms with Gasteiger partial charge in [-0.15, -0.1) is 0 Å². The number of rotatable bonds is 5. The molecule has 0 saturated carbocycles. The summed E-state index contributed by atoms with van der Waals surface area (Å²) in [7, 11) is 0. The summed E-state index contributed by atoms with van der Waals surface area (Å²) in [6, 6.07) is 15.8. The van der Waals surface area contributed by atoms with E-state index in [9.17, 15) is 0 Å². The van der Waals surface area contributed by atoms with Crippen LogP contribution in [0.1, 0.15) is 45.0 Å². The van der Waals surface area contributed by atoms with Crippen molar-refractivity contribution in [1.29, 1.82) is 0 Å². The van der Waals surface area contributed by atoms with Crippen molar-refractivity contribution in [3.8, 4) is 22.8 Å². The molecule has 1 aliphatic rings. The van der Waals surface area contributed by atoms with E-state index in [2.05, 4.69) is 36.9 Å². The number of aromatic nitrogens is 3. The lowest BCUT2D eigenvalue weighted by molar-refractivity contribution is 1.01. The van der Waals surface area contributed by atoms with Crippen molar-refractivity contribution in [3.05, 3.63) is 102 Å². The predicted octanol–water partition coefficient (Wildman–Crippen LogP) is 8.21. The van der Waals surface area contributed by atoms with Gasteiger partial charge in [0.1, 0.15) is 0 Å². The van der Waals surface area contributed by atoms with Gasteiger partial charge in [0.2, 0.25) is 0 Å². The normalized spacial score (nSPS) is 13.1. The van der Waals surface area contributed by atoms with Gasteiger partial charge >= 0.3 is 0 Å². The molecular formula is C28H28ClN3. The van der Waals surface area contributed by atoms with Crippen LogP contribution in [0, 0.1) is 0 Å². The van der Waals surface area contributed by atoms with Crippen molar-refractivity contribution in [3.63, 3.8) is 0 Å². The van der Waals surface area contributed by atoms with Crippen molar-refractivity contribution in [2.45, 2.75) is 33.6 Å². The maximum absolute atomic E-state index is 6.21. The minimum Gasteiger partial charge on any atom is -0.208 e. The lowest BCUT2D eigenvalue weighted by atomic mass is 10.0. The van der Waals surface area contributed by atoms with Crippen LogP contribution in [0.3, 0.4) is 0 Å². The van der Waals surface area contributed by atoms with Gasteiger partial charge in [-0.1, -0.05) is 98.8 Å². The summed E-state index contributed by atoms with van der Waals surface area (Å²) in [6.07, 6.45) is 12.3. The Hall–Kier alpha value is -3.30. The van der Waals surface area contributed by atoms with E-state index in [-0.39, 0.29) is 0 Å². The van der Waals surface area contributed by atoms with Crippen LogP contribution in [0.25, 0.3) is 33.9 Å². The number of hydrogen-bond acceptors (Lipinski definition) is 3. The van der Waals surface area contributed by atoms with Crippen LogP contribution in [0.4, 0.5) is 0 Å². The van der Waals surface area contributed by atoms with Crippen molar-refractivity contribution in [2.75, 3.05) is 0 Å². The van der Waals surface area contributed by atoms with Crippen LogP contribution < -0.4 is 0 Å². The van der Waals surface area contributed by atoms with Gasteiger partial charge in [0.05, 0.1) is 0 Å². The van der Waals surface area contributed by atoms with E-state index in [1.165, 1.54) is 0 Å². The Kier molecular flexibility index (Phi) is 8.29. The first-order valence-electron chi connectivity index (χ1n) is 11.0. The lowest BCUT2D eigenvalue weighted by Crippen LogP contribution is -2.03. The Morgan fingerprint density at radius 2 is 1.59 bits per heavy atom. The molecule has 4 heteroatoms. The molecule has 0 N–H and O–H groups in total. The van der Waals surface area contributed by atoms with E-state index in [0.29, 0.717) is 22.5 Å². The molecule has 2 aromatic carbocycles. The summed E-state index contributed by atoms with van der Waals surface area (Å²) in [5, 5.41) is 0.653. The average molecular weight is 442 g/mol. The van der Waals surface area contributed by atoms with Crippen LogP contribution in [-0.2, 0) is 0 Å². The number of allylic oxidation sites excluding steroid dienone is 7. The molecule has 0 radical (unpaired) electrons. The summed E-state index contributed by atoms with van der Waals surface area (Å²) in [5.74, 6) is 1.93. The van der Waals surface area contributed by atoms with E-state index in [1.54, 1.807) is 0 Å². The SMILES string of the molecule is C=C/C(=C\C)c1ccc(-c2nc(C3=CCCC=C3)nc(-c3cccc(Cl)c3)n2)cc1.CC. The second-order valence-electron chi connectivity index (χ2n) is 6.98. The molecule has 1 aliphatic carbocycles. The first-order chi connectivity index (χ1) is 15.7. The molecule has 0 unspecified atom stereocenters. The molecule has 1 heterocycles. The fourth-order valence-corrected chi connectivity index (χ4v) is 3.57. The largest absolute Gasteiger partial charge is 0.208 e. The zero-order chi connectivity index (χ0) is 22.9. The third-order valence-corrected chi connectivity index (χ3v) is 5.21. The third kappa shape index (κ3) is 5.49. The van der Waals surface area contributed by atoms with Crippen molar-refractivity contribution >= 4 is 22.7 Å². The fraction of sp³-hybridized carbons (Fsp3) is 0.179. The van der Waals surface area contributed by atoms with Gasteiger partial charge in [-0.3, -0.25) is 0 Å². The molecule has 0 aliphatic heterocycles. The standard InChI is InChI=1S/C26H22ClN3.C2H6/c1-3-18(4-2)19-13-15-21(16-14-19)25-28-24(20-9-6-5-7-10-20)29-26(30-25)22-11-8-12-23(27)17-22;1-2/h3-4,6,8-17H,1,5,7H2,2H3;1-2H3/b18-4+;. The summed E-state index contributed by atoms with van der Waals surface area (Å²) in [6.45, 7) is 9.89. The topological polar surface area (TPSA) is 38.7 Å². The highest BCUT2D eigenvalue weighted by Crippen LogP contribution is 2.27. The van der Waals surface area contributed by atoms with E-state index in [0.717, 1.165) is 40.7 Å². The lowest BCUT2D eigenvalue weighted by Gasteiger charge is -2.11. The molecule has 0 spiro atoms. The molecule has 0 atom stereocenters. The highest BCUT2D eigenvalue weighted by molar-refractivity contribution is 6.30. The summed E-state index contributed by atoms with van der Waals surface area (Å²) < 4.78 is 0. The molecule has 162 valence electrons. The fourth-order valence-electron chi connectivity index (χ4n) is 3.38. The van der Waals surface area contributed by atoms with Gasteiger partial charge in [-0.25, -0.2) is 15.0 Å². The zero-order valence-corrected chi connectivity index (χ0v) is 19.6. The van der Waals surface area contributed by atoms with E-state index in [1.807, 2.05) is 69.3 Å². The van der Waals surface area contributed by atoms with Gasteiger partial charge in [0.25, 0.3) is 0 Å². The molecule has 32 heavy (non-hydrogen) atoms. The monoisotopic (exact) mass is 441 g/mol. The molecule has 0 amide bonds. The number of halogens is 1. The van der Waals surface area contributed by atoms with Gasteiger partial charge in [-0.2, -0.15) is 0 Å². The molecule has 0 bridgehead atoms. The smallest absolute Gasteiger partial charge is 0.164 e. The van der Waals surface area contributed by atoms with Gasteiger partial charge < -0.3 is 0 Å². The molecule has 4 rings (SSSR count). The quantitative estimate of drug-likeness (QED) is 0.374. The van der Waals surface area contributed by atoms with Crippen molar-refractivity contribution < 1.29 is 0 Å². The highest BCUT2D eigenvalue weighted by Gasteiger charge is 2.14. The van der Waals surface area contributed by atoms with Gasteiger partial charge in [0.15, 0.2) is 17.5 Å². The highest BCUT2D eigenvalue weighted by atomic mass is 35.5. The Balaban J connectivity index is 0.00000141. The molecular weight excluding hydrogens is 414 g/mol. The molecule has 0 fully saturated rings. The molecule has 3 aromatic rings. The van der Waals surface area contributed by atoms with Gasteiger partial charge in [-0.05, 0) is 43.0 Å². The van der Waals surface area contributed by atoms with E-state index in [4.69, 9.17) is 26.6 Å². The Morgan fingerprint density at radius 3 is 2.19 bits per heavy atom. The maximum atomic E-state index is 6.21. The molecule has 0 saturated heterocycles. The zero-order valence-electron chi connectivity index (χ0n) is 18.8. The Labute approximate surface area is 195 Å². The minimum absolute atomic E-state index is 0.613. The number of benzene rings is 2. The number of nitrogens with zero attached hydrogens (tertiary/aromatic N) is 3. The Bertz CT molecular complexity index is 1170. The van der Waals surface area contributed by atoms with Gasteiger partial charge in [0, 0.05) is 21.7 Å².